The van der Waals surface area contributed by atoms with Gasteiger partial charge < -0.3 is 14.8 Å². The number of piperazine rings is 1. The lowest BCUT2D eigenvalue weighted by Gasteiger charge is -2.50. The van der Waals surface area contributed by atoms with Crippen LogP contribution in [0.15, 0.2) is 0 Å². The first-order valence-electron chi connectivity index (χ1n) is 8.77. The van der Waals surface area contributed by atoms with Gasteiger partial charge in [-0.3, -0.25) is 4.90 Å². The molecule has 21 heavy (non-hydrogen) atoms. The predicted molar refractivity (Wildman–Crippen MR) is 88.9 cm³/mol. The monoisotopic (exact) mass is 300 g/mol. The van der Waals surface area contributed by atoms with E-state index in [0.29, 0.717) is 24.8 Å². The molecule has 1 aliphatic heterocycles. The van der Waals surface area contributed by atoms with Crippen molar-refractivity contribution < 1.29 is 9.47 Å². The van der Waals surface area contributed by atoms with Crippen LogP contribution in [-0.4, -0.2) is 63.0 Å². The summed E-state index contributed by atoms with van der Waals surface area (Å²) in [6.07, 6.45) is 6.10. The zero-order valence-corrected chi connectivity index (χ0v) is 14.6. The Bertz CT molecular complexity index is 257. The van der Waals surface area contributed by atoms with E-state index >= 15 is 0 Å². The Morgan fingerprint density at radius 1 is 1.14 bits per heavy atom. The van der Waals surface area contributed by atoms with Crippen LogP contribution < -0.4 is 5.32 Å². The number of hydrogen-bond donors (Lipinski definition) is 1. The Morgan fingerprint density at radius 2 is 1.90 bits per heavy atom. The quantitative estimate of drug-likeness (QED) is 0.595. The maximum absolute atomic E-state index is 5.61. The third-order valence-electron chi connectivity index (χ3n) is 4.93. The van der Waals surface area contributed by atoms with E-state index in [4.69, 9.17) is 9.47 Å². The summed E-state index contributed by atoms with van der Waals surface area (Å²) in [5.41, 5.74) is 0.344. The SMILES string of the molecule is CCCC1CN(CCCOCCOC)C(CC)(CC)CN1. The molecule has 1 N–H and O–H groups in total. The van der Waals surface area contributed by atoms with Crippen LogP contribution in [0.2, 0.25) is 0 Å². The summed E-state index contributed by atoms with van der Waals surface area (Å²) >= 11 is 0. The fourth-order valence-electron chi connectivity index (χ4n) is 3.39. The van der Waals surface area contributed by atoms with Gasteiger partial charge >= 0.3 is 0 Å². The maximum Gasteiger partial charge on any atom is 0.0700 e. The largest absolute Gasteiger partial charge is 0.382 e. The lowest BCUT2D eigenvalue weighted by atomic mass is 9.86. The lowest BCUT2D eigenvalue weighted by Crippen LogP contribution is -2.64. The average Bonchev–Trinajstić information content (AvgIpc) is 2.52. The number of rotatable bonds is 11. The Labute approximate surface area is 131 Å². The highest BCUT2D eigenvalue weighted by atomic mass is 16.5. The molecule has 0 saturated carbocycles. The first-order valence-corrected chi connectivity index (χ1v) is 8.77. The molecule has 0 bridgehead atoms. The molecule has 0 aromatic carbocycles. The summed E-state index contributed by atoms with van der Waals surface area (Å²) in [6.45, 7) is 12.6. The Morgan fingerprint density at radius 3 is 2.52 bits per heavy atom. The number of nitrogens with zero attached hydrogens (tertiary/aromatic N) is 1. The molecule has 1 unspecified atom stereocenters. The van der Waals surface area contributed by atoms with Gasteiger partial charge in [-0.2, -0.15) is 0 Å². The number of hydrogen-bond acceptors (Lipinski definition) is 4. The smallest absolute Gasteiger partial charge is 0.0700 e. The van der Waals surface area contributed by atoms with Gasteiger partial charge in [-0.25, -0.2) is 0 Å². The van der Waals surface area contributed by atoms with Gasteiger partial charge in [-0.1, -0.05) is 27.2 Å². The molecule has 1 saturated heterocycles. The van der Waals surface area contributed by atoms with Crippen molar-refractivity contribution >= 4 is 0 Å². The van der Waals surface area contributed by atoms with Crippen molar-refractivity contribution in [1.82, 2.24) is 10.2 Å². The third-order valence-corrected chi connectivity index (χ3v) is 4.93. The normalized spacial score (nSPS) is 22.6. The van der Waals surface area contributed by atoms with Crippen molar-refractivity contribution in [2.45, 2.75) is 64.5 Å². The van der Waals surface area contributed by atoms with Crippen molar-refractivity contribution in [3.05, 3.63) is 0 Å². The van der Waals surface area contributed by atoms with Gasteiger partial charge in [0.15, 0.2) is 0 Å². The van der Waals surface area contributed by atoms with E-state index in [0.717, 1.165) is 26.1 Å². The molecule has 1 rings (SSSR count). The zero-order valence-electron chi connectivity index (χ0n) is 14.6. The van der Waals surface area contributed by atoms with Crippen molar-refractivity contribution in [2.75, 3.05) is 46.6 Å². The minimum Gasteiger partial charge on any atom is -0.382 e. The molecular weight excluding hydrogens is 264 g/mol. The van der Waals surface area contributed by atoms with Crippen LogP contribution in [0.4, 0.5) is 0 Å². The summed E-state index contributed by atoms with van der Waals surface area (Å²) in [4.78, 5) is 2.73. The van der Waals surface area contributed by atoms with E-state index in [-0.39, 0.29) is 0 Å². The van der Waals surface area contributed by atoms with Gasteiger partial charge in [-0.05, 0) is 25.7 Å². The highest BCUT2D eigenvalue weighted by molar-refractivity contribution is 4.97. The van der Waals surface area contributed by atoms with Crippen molar-refractivity contribution in [1.29, 1.82) is 0 Å². The van der Waals surface area contributed by atoms with E-state index in [1.54, 1.807) is 7.11 Å². The van der Waals surface area contributed by atoms with Gasteiger partial charge in [0, 0.05) is 44.9 Å². The molecule has 4 heteroatoms. The van der Waals surface area contributed by atoms with Crippen molar-refractivity contribution in [3.63, 3.8) is 0 Å². The molecule has 0 spiro atoms. The minimum atomic E-state index is 0.344. The third kappa shape index (κ3) is 5.85. The van der Waals surface area contributed by atoms with Gasteiger partial charge in [0.25, 0.3) is 0 Å². The van der Waals surface area contributed by atoms with Crippen LogP contribution in [0.25, 0.3) is 0 Å². The van der Waals surface area contributed by atoms with E-state index in [2.05, 4.69) is 31.0 Å². The second-order valence-corrected chi connectivity index (χ2v) is 6.20. The molecule has 1 atom stereocenters. The Kier molecular flexibility index (Phi) is 9.49. The molecule has 1 heterocycles. The summed E-state index contributed by atoms with van der Waals surface area (Å²) in [5, 5.41) is 3.77. The Balaban J connectivity index is 2.42. The predicted octanol–water partition coefficient (Wildman–Crippen LogP) is 2.67. The molecule has 0 aliphatic carbocycles. The van der Waals surface area contributed by atoms with Crippen LogP contribution in [0.5, 0.6) is 0 Å². The highest BCUT2D eigenvalue weighted by Crippen LogP contribution is 2.27. The second-order valence-electron chi connectivity index (χ2n) is 6.20. The first-order chi connectivity index (χ1) is 10.2. The topological polar surface area (TPSA) is 33.7 Å². The number of methoxy groups -OCH3 is 1. The van der Waals surface area contributed by atoms with Gasteiger partial charge in [-0.15, -0.1) is 0 Å². The van der Waals surface area contributed by atoms with Crippen LogP contribution >= 0.6 is 0 Å². The Hall–Kier alpha value is -0.160. The molecule has 1 aliphatic rings. The summed E-state index contributed by atoms with van der Waals surface area (Å²) < 4.78 is 10.6. The van der Waals surface area contributed by atoms with Gasteiger partial charge in [0.1, 0.15) is 0 Å². The molecule has 1 fully saturated rings. The highest BCUT2D eigenvalue weighted by Gasteiger charge is 2.37. The van der Waals surface area contributed by atoms with E-state index in [1.165, 1.54) is 32.2 Å². The fraction of sp³-hybridized carbons (Fsp3) is 1.00. The van der Waals surface area contributed by atoms with Crippen LogP contribution in [-0.2, 0) is 9.47 Å². The molecule has 0 aromatic rings. The molecular formula is C17H36N2O2. The standard InChI is InChI=1S/C17H36N2O2/c1-5-9-16-14-19(10-8-11-21-13-12-20-4)17(6-2,7-3)15-18-16/h16,18H,5-15H2,1-4H3. The summed E-state index contributed by atoms with van der Waals surface area (Å²) in [7, 11) is 1.72. The van der Waals surface area contributed by atoms with E-state index in [1.807, 2.05) is 0 Å². The molecule has 0 radical (unpaired) electrons. The summed E-state index contributed by atoms with van der Waals surface area (Å²) in [5.74, 6) is 0. The summed E-state index contributed by atoms with van der Waals surface area (Å²) in [6, 6.07) is 0.663. The van der Waals surface area contributed by atoms with Crippen LogP contribution in [0.1, 0.15) is 52.9 Å². The first kappa shape index (κ1) is 18.9. The van der Waals surface area contributed by atoms with Gasteiger partial charge in [0.05, 0.1) is 13.2 Å². The van der Waals surface area contributed by atoms with Crippen LogP contribution in [0, 0.1) is 0 Å². The maximum atomic E-state index is 5.61. The number of nitrogens with one attached hydrogen (secondary N) is 1. The molecule has 4 nitrogen and oxygen atoms in total. The minimum absolute atomic E-state index is 0.344. The van der Waals surface area contributed by atoms with Crippen molar-refractivity contribution in [2.24, 2.45) is 0 Å². The van der Waals surface area contributed by atoms with E-state index < -0.39 is 0 Å². The number of ether oxygens (including phenoxy) is 2. The zero-order chi connectivity index (χ0) is 15.6. The fourth-order valence-corrected chi connectivity index (χ4v) is 3.39. The van der Waals surface area contributed by atoms with Crippen LogP contribution in [0.3, 0.4) is 0 Å². The molecule has 0 aromatic heterocycles. The van der Waals surface area contributed by atoms with Crippen molar-refractivity contribution in [3.8, 4) is 0 Å². The molecule has 0 amide bonds. The second kappa shape index (κ2) is 10.5. The van der Waals surface area contributed by atoms with E-state index in [9.17, 15) is 0 Å². The van der Waals surface area contributed by atoms with Gasteiger partial charge in [0.2, 0.25) is 0 Å². The lowest BCUT2D eigenvalue weighted by molar-refractivity contribution is 0.0158. The molecule has 126 valence electrons. The average molecular weight is 300 g/mol.